The van der Waals surface area contributed by atoms with Crippen LogP contribution in [0.5, 0.6) is 0 Å². The lowest BCUT2D eigenvalue weighted by molar-refractivity contribution is -0.870. The summed E-state index contributed by atoms with van der Waals surface area (Å²) in [5.41, 5.74) is 0. The van der Waals surface area contributed by atoms with Crippen LogP contribution in [0.25, 0.3) is 0 Å². The minimum Gasteiger partial charge on any atom is -0.545 e. The molecule has 0 saturated carbocycles. The van der Waals surface area contributed by atoms with Crippen LogP contribution in [0.1, 0.15) is 271 Å². The number of carbonyl (C=O) groups is 3. The van der Waals surface area contributed by atoms with Crippen LogP contribution in [-0.4, -0.2) is 82.3 Å². The summed E-state index contributed by atoms with van der Waals surface area (Å²) in [5.74, 6) is -2.26. The summed E-state index contributed by atoms with van der Waals surface area (Å²) in [5, 5.41) is 11.7. The van der Waals surface area contributed by atoms with E-state index < -0.39 is 24.3 Å². The summed E-state index contributed by atoms with van der Waals surface area (Å²) in [7, 11) is 5.93. The lowest BCUT2D eigenvalue weighted by Gasteiger charge is -2.26. The third kappa shape index (κ3) is 48.1. The maximum absolute atomic E-state index is 12.8. The molecule has 0 aromatic carbocycles. The number of carboxylic acids is 1. The number of quaternary nitrogens is 1. The Morgan fingerprint density at radius 2 is 0.714 bits per heavy atom. The molecule has 2 unspecified atom stereocenters. The number of hydrogen-bond acceptors (Lipinski definition) is 8. The van der Waals surface area contributed by atoms with E-state index in [1.54, 1.807) is 0 Å². The van der Waals surface area contributed by atoms with Crippen molar-refractivity contribution < 1.29 is 42.9 Å². The number of nitrogens with zero attached hydrogens (tertiary/aromatic N) is 1. The van der Waals surface area contributed by atoms with Gasteiger partial charge in [0.1, 0.15) is 13.2 Å². The van der Waals surface area contributed by atoms with Crippen LogP contribution in [0.15, 0.2) is 0 Å². The third-order valence-electron chi connectivity index (χ3n) is 12.4. The van der Waals surface area contributed by atoms with Crippen LogP contribution in [0.2, 0.25) is 0 Å². The molecule has 0 rings (SSSR count). The first kappa shape index (κ1) is 61.3. The first-order chi connectivity index (χ1) is 30.6. The van der Waals surface area contributed by atoms with Gasteiger partial charge in [-0.25, -0.2) is 0 Å². The van der Waals surface area contributed by atoms with Crippen LogP contribution < -0.4 is 5.11 Å². The van der Waals surface area contributed by atoms with Crippen molar-refractivity contribution in [2.45, 2.75) is 283 Å². The van der Waals surface area contributed by atoms with Crippen molar-refractivity contribution in [3.8, 4) is 0 Å². The fourth-order valence-electron chi connectivity index (χ4n) is 8.13. The van der Waals surface area contributed by atoms with Gasteiger partial charge in [-0.3, -0.25) is 9.59 Å². The standard InChI is InChI=1S/C54H105NO8/c1-6-8-10-12-14-16-18-20-22-23-24-25-26-27-28-29-30-31-33-35-37-39-41-43-45-52(57)63-50(49-62-54(53(58)59)60-47-46-55(3,4)5)48-61-51(56)44-42-40-38-36-34-32-21-19-17-15-13-11-9-7-2/h50,54H,6-49H2,1-5H3. The summed E-state index contributed by atoms with van der Waals surface area (Å²) in [6.45, 7) is 4.80. The maximum atomic E-state index is 12.8. The number of rotatable bonds is 51. The molecular formula is C54H105NO8. The molecule has 0 heterocycles. The number of esters is 2. The molecule has 9 heteroatoms. The Balaban J connectivity index is 4.19. The molecule has 0 amide bonds. The van der Waals surface area contributed by atoms with Crippen LogP contribution >= 0.6 is 0 Å². The fourth-order valence-corrected chi connectivity index (χ4v) is 8.13. The molecule has 0 fully saturated rings. The van der Waals surface area contributed by atoms with E-state index in [1.807, 2.05) is 21.1 Å². The van der Waals surface area contributed by atoms with Crippen molar-refractivity contribution in [3.63, 3.8) is 0 Å². The molecule has 374 valence electrons. The third-order valence-corrected chi connectivity index (χ3v) is 12.4. The Labute approximate surface area is 390 Å². The van der Waals surface area contributed by atoms with Crippen molar-refractivity contribution in [3.05, 3.63) is 0 Å². The number of ether oxygens (including phenoxy) is 4. The quantitative estimate of drug-likeness (QED) is 0.0257. The van der Waals surface area contributed by atoms with Gasteiger partial charge in [0, 0.05) is 12.8 Å². The fraction of sp³-hybridized carbons (Fsp3) is 0.944. The highest BCUT2D eigenvalue weighted by Crippen LogP contribution is 2.17. The van der Waals surface area contributed by atoms with Crippen molar-refractivity contribution >= 4 is 17.9 Å². The predicted octanol–water partition coefficient (Wildman–Crippen LogP) is 13.9. The van der Waals surface area contributed by atoms with Crippen LogP contribution in [-0.2, 0) is 33.3 Å². The van der Waals surface area contributed by atoms with E-state index in [2.05, 4.69) is 13.8 Å². The van der Waals surface area contributed by atoms with Gasteiger partial charge in [-0.2, -0.15) is 0 Å². The molecule has 0 bridgehead atoms. The van der Waals surface area contributed by atoms with Crippen molar-refractivity contribution in [1.82, 2.24) is 0 Å². The Kier molecular flexibility index (Phi) is 45.5. The normalized spacial score (nSPS) is 12.7. The van der Waals surface area contributed by atoms with E-state index in [9.17, 15) is 19.5 Å². The molecule has 0 aliphatic heterocycles. The average Bonchev–Trinajstić information content (AvgIpc) is 3.24. The lowest BCUT2D eigenvalue weighted by Crippen LogP contribution is -2.44. The minimum atomic E-state index is -1.61. The van der Waals surface area contributed by atoms with Crippen molar-refractivity contribution in [2.24, 2.45) is 0 Å². The topological polar surface area (TPSA) is 111 Å². The van der Waals surface area contributed by atoms with E-state index in [4.69, 9.17) is 18.9 Å². The van der Waals surface area contributed by atoms with E-state index in [0.29, 0.717) is 17.4 Å². The van der Waals surface area contributed by atoms with Gasteiger partial charge in [0.05, 0.1) is 40.3 Å². The second kappa shape index (κ2) is 46.8. The summed E-state index contributed by atoms with van der Waals surface area (Å²) < 4.78 is 22.7. The SMILES string of the molecule is CCCCCCCCCCCCCCCCCCCCCCCCCCC(=O)OC(COC(=O)CCCCCCCCCCCCCCCC)COC(OCC[N+](C)(C)C)C(=O)[O-]. The molecule has 9 nitrogen and oxygen atoms in total. The second-order valence-electron chi connectivity index (χ2n) is 19.9. The van der Waals surface area contributed by atoms with Gasteiger partial charge in [0.15, 0.2) is 12.4 Å². The Hall–Kier alpha value is -1.71. The zero-order valence-electron chi connectivity index (χ0n) is 42.5. The number of aliphatic carboxylic acids is 1. The molecule has 0 aliphatic carbocycles. The van der Waals surface area contributed by atoms with Gasteiger partial charge >= 0.3 is 11.9 Å². The number of unbranched alkanes of at least 4 members (excludes halogenated alkanes) is 36. The van der Waals surface area contributed by atoms with E-state index in [0.717, 1.165) is 38.5 Å². The molecule has 0 N–H and O–H groups in total. The smallest absolute Gasteiger partial charge is 0.306 e. The molecule has 0 aromatic heterocycles. The monoisotopic (exact) mass is 896 g/mol. The number of likely N-dealkylation sites (N-methyl/N-ethyl adjacent to an activating group) is 1. The molecule has 0 aromatic rings. The first-order valence-corrected chi connectivity index (χ1v) is 27.2. The molecule has 0 radical (unpaired) electrons. The highest BCUT2D eigenvalue weighted by Gasteiger charge is 2.22. The Morgan fingerprint density at radius 1 is 0.413 bits per heavy atom. The van der Waals surface area contributed by atoms with Crippen molar-refractivity contribution in [2.75, 3.05) is 47.5 Å². The summed E-state index contributed by atoms with van der Waals surface area (Å²) in [6.07, 6.45) is 47.2. The maximum Gasteiger partial charge on any atom is 0.306 e. The van der Waals surface area contributed by atoms with E-state index in [-0.39, 0.29) is 32.2 Å². The summed E-state index contributed by atoms with van der Waals surface area (Å²) in [6, 6.07) is 0. The van der Waals surface area contributed by atoms with Gasteiger partial charge in [-0.05, 0) is 12.8 Å². The van der Waals surface area contributed by atoms with Crippen LogP contribution in [0, 0.1) is 0 Å². The van der Waals surface area contributed by atoms with Gasteiger partial charge in [-0.15, -0.1) is 0 Å². The largest absolute Gasteiger partial charge is 0.545 e. The molecule has 2 atom stereocenters. The molecule has 63 heavy (non-hydrogen) atoms. The van der Waals surface area contributed by atoms with Gasteiger partial charge in [-0.1, -0.05) is 245 Å². The second-order valence-corrected chi connectivity index (χ2v) is 19.9. The highest BCUT2D eigenvalue weighted by atomic mass is 16.7. The first-order valence-electron chi connectivity index (χ1n) is 27.2. The molecule has 0 aliphatic rings. The van der Waals surface area contributed by atoms with Gasteiger partial charge in [0.25, 0.3) is 0 Å². The van der Waals surface area contributed by atoms with Crippen LogP contribution in [0.3, 0.4) is 0 Å². The van der Waals surface area contributed by atoms with Crippen molar-refractivity contribution in [1.29, 1.82) is 0 Å². The predicted molar refractivity (Wildman–Crippen MR) is 260 cm³/mol. The summed E-state index contributed by atoms with van der Waals surface area (Å²) in [4.78, 5) is 37.1. The number of hydrogen-bond donors (Lipinski definition) is 0. The zero-order chi connectivity index (χ0) is 46.3. The van der Waals surface area contributed by atoms with E-state index in [1.165, 1.54) is 205 Å². The number of carboxylic acid groups (broad SMARTS) is 1. The van der Waals surface area contributed by atoms with Gasteiger partial charge in [0.2, 0.25) is 0 Å². The number of carbonyl (C=O) groups excluding carboxylic acids is 3. The van der Waals surface area contributed by atoms with Gasteiger partial charge < -0.3 is 33.3 Å². The highest BCUT2D eigenvalue weighted by molar-refractivity contribution is 5.70. The van der Waals surface area contributed by atoms with Crippen LogP contribution in [0.4, 0.5) is 0 Å². The molecule has 0 saturated heterocycles. The molecular weight excluding hydrogens is 791 g/mol. The summed E-state index contributed by atoms with van der Waals surface area (Å²) >= 11 is 0. The average molecular weight is 896 g/mol. The molecule has 0 spiro atoms. The Bertz CT molecular complexity index is 1000. The van der Waals surface area contributed by atoms with E-state index >= 15 is 0 Å². The lowest BCUT2D eigenvalue weighted by atomic mass is 10.0. The Morgan fingerprint density at radius 3 is 1.02 bits per heavy atom. The zero-order valence-corrected chi connectivity index (χ0v) is 42.5. The minimum absolute atomic E-state index is 0.153.